The SMILES string of the molecule is Cc1cc(N)c(C(=O)CBr)cn1. The average Bonchev–Trinajstić information content (AvgIpc) is 2.03. The molecule has 1 aromatic heterocycles. The number of hydrogen-bond acceptors (Lipinski definition) is 3. The van der Waals surface area contributed by atoms with Crippen LogP contribution in [0.1, 0.15) is 16.1 Å². The summed E-state index contributed by atoms with van der Waals surface area (Å²) in [4.78, 5) is 15.2. The van der Waals surface area contributed by atoms with Gasteiger partial charge in [-0.25, -0.2) is 0 Å². The van der Waals surface area contributed by atoms with Gasteiger partial charge in [0.1, 0.15) is 0 Å². The molecule has 0 amide bonds. The van der Waals surface area contributed by atoms with Crippen molar-refractivity contribution < 1.29 is 4.79 Å². The highest BCUT2D eigenvalue weighted by Gasteiger charge is 2.07. The number of halogens is 1. The number of hydrogen-bond donors (Lipinski definition) is 1. The fourth-order valence-corrected chi connectivity index (χ4v) is 1.19. The van der Waals surface area contributed by atoms with Crippen LogP contribution in [0.2, 0.25) is 0 Å². The fourth-order valence-electron chi connectivity index (χ4n) is 0.886. The lowest BCUT2D eigenvalue weighted by Gasteiger charge is -2.01. The highest BCUT2D eigenvalue weighted by molar-refractivity contribution is 9.09. The zero-order chi connectivity index (χ0) is 9.14. The van der Waals surface area contributed by atoms with Crippen molar-refractivity contribution in [1.29, 1.82) is 0 Å². The Hall–Kier alpha value is -0.900. The van der Waals surface area contributed by atoms with E-state index in [1.165, 1.54) is 6.20 Å². The quantitative estimate of drug-likeness (QED) is 0.618. The van der Waals surface area contributed by atoms with Crippen molar-refractivity contribution in [2.24, 2.45) is 0 Å². The number of rotatable bonds is 2. The van der Waals surface area contributed by atoms with Crippen LogP contribution in [0.4, 0.5) is 5.69 Å². The molecule has 2 N–H and O–H groups in total. The third-order valence-corrected chi connectivity index (χ3v) is 2.00. The van der Waals surface area contributed by atoms with Crippen LogP contribution in [-0.2, 0) is 0 Å². The monoisotopic (exact) mass is 228 g/mol. The highest BCUT2D eigenvalue weighted by atomic mass is 79.9. The number of nitrogens with two attached hydrogens (primary N) is 1. The minimum absolute atomic E-state index is 0.0417. The van der Waals surface area contributed by atoms with Crippen molar-refractivity contribution in [3.05, 3.63) is 23.5 Å². The number of anilines is 1. The van der Waals surface area contributed by atoms with E-state index in [9.17, 15) is 4.79 Å². The molecule has 64 valence electrons. The summed E-state index contributed by atoms with van der Waals surface area (Å²) < 4.78 is 0. The zero-order valence-corrected chi connectivity index (χ0v) is 8.26. The van der Waals surface area contributed by atoms with Gasteiger partial charge in [-0.3, -0.25) is 9.78 Å². The van der Waals surface area contributed by atoms with Crippen LogP contribution in [0.5, 0.6) is 0 Å². The maximum atomic E-state index is 11.2. The Morgan fingerprint density at radius 2 is 2.42 bits per heavy atom. The lowest BCUT2D eigenvalue weighted by atomic mass is 10.1. The number of nitrogens with zero attached hydrogens (tertiary/aromatic N) is 1. The summed E-state index contributed by atoms with van der Waals surface area (Å²) in [5.41, 5.74) is 7.41. The molecule has 0 aliphatic heterocycles. The van der Waals surface area contributed by atoms with Gasteiger partial charge in [0.25, 0.3) is 0 Å². The van der Waals surface area contributed by atoms with Gasteiger partial charge in [-0.2, -0.15) is 0 Å². The van der Waals surface area contributed by atoms with Gasteiger partial charge in [-0.05, 0) is 13.0 Å². The molecule has 0 aromatic carbocycles. The number of nitrogen functional groups attached to an aromatic ring is 1. The van der Waals surface area contributed by atoms with Gasteiger partial charge in [0.15, 0.2) is 5.78 Å². The number of pyridine rings is 1. The van der Waals surface area contributed by atoms with Gasteiger partial charge in [0, 0.05) is 17.6 Å². The lowest BCUT2D eigenvalue weighted by molar-refractivity contribution is 0.102. The van der Waals surface area contributed by atoms with Gasteiger partial charge in [0.2, 0.25) is 0 Å². The minimum atomic E-state index is -0.0417. The van der Waals surface area contributed by atoms with Crippen LogP contribution in [-0.4, -0.2) is 16.1 Å². The number of carbonyl (C=O) groups excluding carboxylic acids is 1. The Bertz CT molecular complexity index is 312. The third kappa shape index (κ3) is 1.82. The van der Waals surface area contributed by atoms with Crippen molar-refractivity contribution >= 4 is 27.4 Å². The second kappa shape index (κ2) is 3.67. The number of aryl methyl sites for hydroxylation is 1. The van der Waals surface area contributed by atoms with E-state index in [0.717, 1.165) is 5.69 Å². The number of Topliss-reactive ketones (excluding diaryl/α,β-unsaturated/α-hetero) is 1. The molecule has 1 heterocycles. The summed E-state index contributed by atoms with van der Waals surface area (Å²) in [6, 6.07) is 1.69. The molecular formula is C8H9BrN2O. The summed E-state index contributed by atoms with van der Waals surface area (Å²) in [7, 11) is 0. The molecule has 0 aliphatic rings. The number of aromatic nitrogens is 1. The van der Waals surface area contributed by atoms with Gasteiger partial charge in [-0.1, -0.05) is 15.9 Å². The van der Waals surface area contributed by atoms with Crippen LogP contribution in [0.15, 0.2) is 12.3 Å². The first kappa shape index (κ1) is 9.19. The molecule has 12 heavy (non-hydrogen) atoms. The predicted octanol–water partition coefficient (Wildman–Crippen LogP) is 1.55. The molecule has 0 spiro atoms. The van der Waals surface area contributed by atoms with E-state index in [4.69, 9.17) is 5.73 Å². The van der Waals surface area contributed by atoms with Crippen LogP contribution >= 0.6 is 15.9 Å². The molecule has 1 rings (SSSR count). The number of carbonyl (C=O) groups is 1. The zero-order valence-electron chi connectivity index (χ0n) is 6.67. The van der Waals surface area contributed by atoms with E-state index >= 15 is 0 Å². The van der Waals surface area contributed by atoms with Crippen molar-refractivity contribution in [3.63, 3.8) is 0 Å². The predicted molar refractivity (Wildman–Crippen MR) is 51.5 cm³/mol. The molecule has 3 nitrogen and oxygen atoms in total. The molecule has 4 heteroatoms. The first-order valence-corrected chi connectivity index (χ1v) is 4.58. The van der Waals surface area contributed by atoms with Crippen LogP contribution in [0, 0.1) is 6.92 Å². The third-order valence-electron chi connectivity index (χ3n) is 1.49. The molecule has 0 atom stereocenters. The Morgan fingerprint density at radius 3 is 2.92 bits per heavy atom. The Labute approximate surface area is 79.1 Å². The van der Waals surface area contributed by atoms with Crippen molar-refractivity contribution in [2.45, 2.75) is 6.92 Å². The summed E-state index contributed by atoms with van der Waals surface area (Å²) in [6.45, 7) is 1.83. The van der Waals surface area contributed by atoms with Gasteiger partial charge in [0.05, 0.1) is 10.9 Å². The summed E-state index contributed by atoms with van der Waals surface area (Å²) in [5, 5.41) is 0.280. The average molecular weight is 229 g/mol. The van der Waals surface area contributed by atoms with E-state index in [1.54, 1.807) is 6.07 Å². The molecule has 0 saturated heterocycles. The smallest absolute Gasteiger partial charge is 0.176 e. The van der Waals surface area contributed by atoms with Crippen molar-refractivity contribution in [3.8, 4) is 0 Å². The second-order valence-electron chi connectivity index (χ2n) is 2.47. The molecule has 0 aliphatic carbocycles. The van der Waals surface area contributed by atoms with E-state index in [0.29, 0.717) is 11.3 Å². The highest BCUT2D eigenvalue weighted by Crippen LogP contribution is 2.12. The number of ketones is 1. The van der Waals surface area contributed by atoms with E-state index < -0.39 is 0 Å². The fraction of sp³-hybridized carbons (Fsp3) is 0.250. The summed E-state index contributed by atoms with van der Waals surface area (Å²) in [5.74, 6) is -0.0417. The Kier molecular flexibility index (Phi) is 2.81. The van der Waals surface area contributed by atoms with E-state index in [2.05, 4.69) is 20.9 Å². The van der Waals surface area contributed by atoms with Crippen LogP contribution in [0.25, 0.3) is 0 Å². The molecule has 0 bridgehead atoms. The molecule has 0 saturated carbocycles. The minimum Gasteiger partial charge on any atom is -0.398 e. The Morgan fingerprint density at radius 1 is 1.75 bits per heavy atom. The van der Waals surface area contributed by atoms with Crippen molar-refractivity contribution in [1.82, 2.24) is 4.98 Å². The standard InChI is InChI=1S/C8H9BrN2O/c1-5-2-7(10)6(4-11-5)8(12)3-9/h2,4H,3H2,1H3,(H2,10,11). The second-order valence-corrected chi connectivity index (χ2v) is 3.03. The normalized spacial score (nSPS) is 9.83. The van der Waals surface area contributed by atoms with Gasteiger partial charge < -0.3 is 5.73 Å². The molecule has 0 unspecified atom stereocenters. The first-order chi connectivity index (χ1) is 5.65. The van der Waals surface area contributed by atoms with Crippen molar-refractivity contribution in [2.75, 3.05) is 11.1 Å². The van der Waals surface area contributed by atoms with Crippen LogP contribution < -0.4 is 5.73 Å². The van der Waals surface area contributed by atoms with Crippen LogP contribution in [0.3, 0.4) is 0 Å². The largest absolute Gasteiger partial charge is 0.398 e. The molecular weight excluding hydrogens is 220 g/mol. The Balaban J connectivity index is 3.09. The van der Waals surface area contributed by atoms with E-state index in [1.807, 2.05) is 6.92 Å². The lowest BCUT2D eigenvalue weighted by Crippen LogP contribution is -2.05. The summed E-state index contributed by atoms with van der Waals surface area (Å²) in [6.07, 6.45) is 1.51. The maximum absolute atomic E-state index is 11.2. The summed E-state index contributed by atoms with van der Waals surface area (Å²) >= 11 is 3.07. The first-order valence-electron chi connectivity index (χ1n) is 3.46. The molecule has 0 fully saturated rings. The molecule has 1 aromatic rings. The maximum Gasteiger partial charge on any atom is 0.176 e. The number of alkyl halides is 1. The topological polar surface area (TPSA) is 56.0 Å². The molecule has 0 radical (unpaired) electrons. The van der Waals surface area contributed by atoms with Gasteiger partial charge in [-0.15, -0.1) is 0 Å². The van der Waals surface area contributed by atoms with Gasteiger partial charge >= 0.3 is 0 Å². The van der Waals surface area contributed by atoms with E-state index in [-0.39, 0.29) is 11.1 Å².